The molecule has 1 atom stereocenters. The summed E-state index contributed by atoms with van der Waals surface area (Å²) in [6.45, 7) is 1.58. The normalized spacial score (nSPS) is 19.1. The van der Waals surface area contributed by atoms with Gasteiger partial charge in [0.2, 0.25) is 0 Å². The largest absolute Gasteiger partial charge is 0.469 e. The third kappa shape index (κ3) is 3.13. The fourth-order valence-corrected chi connectivity index (χ4v) is 2.30. The molecule has 2 heterocycles. The Labute approximate surface area is 113 Å². The average molecular weight is 264 g/mol. The number of esters is 1. The summed E-state index contributed by atoms with van der Waals surface area (Å²) in [4.78, 5) is 24.2. The van der Waals surface area contributed by atoms with E-state index in [-0.39, 0.29) is 11.9 Å². The van der Waals surface area contributed by atoms with Crippen molar-refractivity contribution < 1.29 is 9.53 Å². The lowest BCUT2D eigenvalue weighted by molar-refractivity contribution is -0.145. The first-order valence-corrected chi connectivity index (χ1v) is 6.44. The Kier molecular flexibility index (Phi) is 4.19. The second-order valence-electron chi connectivity index (χ2n) is 4.94. The van der Waals surface area contributed by atoms with Crippen molar-refractivity contribution in [3.8, 4) is 0 Å². The Morgan fingerprint density at radius 3 is 2.95 bits per heavy atom. The highest BCUT2D eigenvalue weighted by molar-refractivity contribution is 5.73. The topological polar surface area (TPSA) is 58.6 Å². The molecule has 1 aliphatic heterocycles. The van der Waals surface area contributed by atoms with Crippen LogP contribution in [0.5, 0.6) is 0 Å². The molecular formula is C13H20N4O2. The molecule has 0 amide bonds. The highest BCUT2D eigenvalue weighted by Crippen LogP contribution is 2.23. The highest BCUT2D eigenvalue weighted by atomic mass is 16.5. The number of carbonyl (C=O) groups excluding carboxylic acids is 1. The van der Waals surface area contributed by atoms with E-state index >= 15 is 0 Å². The van der Waals surface area contributed by atoms with Crippen LogP contribution in [0.2, 0.25) is 0 Å². The van der Waals surface area contributed by atoms with Crippen molar-refractivity contribution in [1.82, 2.24) is 9.97 Å². The minimum atomic E-state index is -0.133. The number of nitrogens with zero attached hydrogens (tertiary/aromatic N) is 4. The third-order valence-electron chi connectivity index (χ3n) is 3.38. The van der Waals surface area contributed by atoms with Crippen molar-refractivity contribution in [2.75, 3.05) is 44.1 Å². The lowest BCUT2D eigenvalue weighted by Crippen LogP contribution is -2.39. The van der Waals surface area contributed by atoms with Crippen molar-refractivity contribution in [1.29, 1.82) is 0 Å². The quantitative estimate of drug-likeness (QED) is 0.757. The van der Waals surface area contributed by atoms with E-state index in [0.29, 0.717) is 6.54 Å². The van der Waals surface area contributed by atoms with Gasteiger partial charge in [0.25, 0.3) is 0 Å². The average Bonchev–Trinajstić information content (AvgIpc) is 2.46. The van der Waals surface area contributed by atoms with Gasteiger partial charge in [-0.05, 0) is 12.8 Å². The van der Waals surface area contributed by atoms with Crippen LogP contribution in [0, 0.1) is 5.92 Å². The van der Waals surface area contributed by atoms with Crippen molar-refractivity contribution >= 4 is 17.6 Å². The monoisotopic (exact) mass is 264 g/mol. The molecule has 1 saturated heterocycles. The van der Waals surface area contributed by atoms with Gasteiger partial charge in [-0.25, -0.2) is 9.97 Å². The number of carbonyl (C=O) groups is 1. The number of aromatic nitrogens is 2. The van der Waals surface area contributed by atoms with E-state index in [1.54, 1.807) is 6.33 Å². The molecule has 0 N–H and O–H groups in total. The molecule has 0 aromatic carbocycles. The zero-order valence-corrected chi connectivity index (χ0v) is 11.7. The van der Waals surface area contributed by atoms with Crippen LogP contribution in [0.15, 0.2) is 12.4 Å². The standard InChI is InChI=1S/C13H20N4O2/c1-16(2)11-7-12(15-9-14-11)17-6-4-5-10(8-17)13(18)19-3/h7,9-10H,4-6,8H2,1-3H3. The number of hydrogen-bond donors (Lipinski definition) is 0. The second-order valence-corrected chi connectivity index (χ2v) is 4.94. The Morgan fingerprint density at radius 1 is 1.47 bits per heavy atom. The zero-order chi connectivity index (χ0) is 13.8. The molecular weight excluding hydrogens is 244 g/mol. The fraction of sp³-hybridized carbons (Fsp3) is 0.615. The van der Waals surface area contributed by atoms with Crippen molar-refractivity contribution in [2.24, 2.45) is 5.92 Å². The van der Waals surface area contributed by atoms with E-state index in [4.69, 9.17) is 4.74 Å². The van der Waals surface area contributed by atoms with Gasteiger partial charge in [0, 0.05) is 33.3 Å². The number of methoxy groups -OCH3 is 1. The lowest BCUT2D eigenvalue weighted by Gasteiger charge is -2.32. The minimum Gasteiger partial charge on any atom is -0.469 e. The van der Waals surface area contributed by atoms with E-state index in [2.05, 4.69) is 14.9 Å². The van der Waals surface area contributed by atoms with E-state index < -0.39 is 0 Å². The SMILES string of the molecule is COC(=O)C1CCCN(c2cc(N(C)C)ncn2)C1. The van der Waals surface area contributed by atoms with Crippen LogP contribution >= 0.6 is 0 Å². The molecule has 6 heteroatoms. The summed E-state index contributed by atoms with van der Waals surface area (Å²) in [5.41, 5.74) is 0. The first-order valence-electron chi connectivity index (χ1n) is 6.44. The van der Waals surface area contributed by atoms with Crippen LogP contribution in [0.4, 0.5) is 11.6 Å². The summed E-state index contributed by atoms with van der Waals surface area (Å²) in [5.74, 6) is 1.54. The van der Waals surface area contributed by atoms with E-state index in [1.807, 2.05) is 25.1 Å². The van der Waals surface area contributed by atoms with E-state index in [1.165, 1.54) is 7.11 Å². The predicted octanol–water partition coefficient (Wildman–Crippen LogP) is 0.932. The molecule has 6 nitrogen and oxygen atoms in total. The van der Waals surface area contributed by atoms with Gasteiger partial charge in [-0.2, -0.15) is 0 Å². The maximum Gasteiger partial charge on any atom is 0.310 e. The smallest absolute Gasteiger partial charge is 0.310 e. The molecule has 0 spiro atoms. The summed E-state index contributed by atoms with van der Waals surface area (Å²) in [5, 5.41) is 0. The molecule has 1 aromatic heterocycles. The van der Waals surface area contributed by atoms with Crippen LogP contribution in [0.1, 0.15) is 12.8 Å². The van der Waals surface area contributed by atoms with Crippen molar-refractivity contribution in [2.45, 2.75) is 12.8 Å². The van der Waals surface area contributed by atoms with Gasteiger partial charge in [-0.3, -0.25) is 4.79 Å². The van der Waals surface area contributed by atoms with Crippen LogP contribution in [0.3, 0.4) is 0 Å². The summed E-state index contributed by atoms with van der Waals surface area (Å²) < 4.78 is 4.83. The van der Waals surface area contributed by atoms with Gasteiger partial charge in [-0.15, -0.1) is 0 Å². The van der Waals surface area contributed by atoms with Gasteiger partial charge < -0.3 is 14.5 Å². The number of piperidine rings is 1. The highest BCUT2D eigenvalue weighted by Gasteiger charge is 2.27. The van der Waals surface area contributed by atoms with Crippen molar-refractivity contribution in [3.63, 3.8) is 0 Å². The second kappa shape index (κ2) is 5.86. The molecule has 19 heavy (non-hydrogen) atoms. The molecule has 0 bridgehead atoms. The minimum absolute atomic E-state index is 0.0588. The molecule has 1 unspecified atom stereocenters. The van der Waals surface area contributed by atoms with Gasteiger partial charge in [-0.1, -0.05) is 0 Å². The maximum absolute atomic E-state index is 11.6. The van der Waals surface area contributed by atoms with Crippen LogP contribution in [-0.2, 0) is 9.53 Å². The van der Waals surface area contributed by atoms with E-state index in [9.17, 15) is 4.79 Å². The first-order chi connectivity index (χ1) is 9.11. The number of rotatable bonds is 3. The predicted molar refractivity (Wildman–Crippen MR) is 73.3 cm³/mol. The van der Waals surface area contributed by atoms with Crippen LogP contribution < -0.4 is 9.80 Å². The van der Waals surface area contributed by atoms with Crippen LogP contribution in [-0.4, -0.2) is 50.2 Å². The lowest BCUT2D eigenvalue weighted by atomic mass is 9.98. The Morgan fingerprint density at radius 2 is 2.26 bits per heavy atom. The fourth-order valence-electron chi connectivity index (χ4n) is 2.30. The number of hydrogen-bond acceptors (Lipinski definition) is 6. The first kappa shape index (κ1) is 13.6. The van der Waals surface area contributed by atoms with Crippen molar-refractivity contribution in [3.05, 3.63) is 12.4 Å². The van der Waals surface area contributed by atoms with Crippen LogP contribution in [0.25, 0.3) is 0 Å². The third-order valence-corrected chi connectivity index (χ3v) is 3.38. The number of ether oxygens (including phenoxy) is 1. The molecule has 1 aromatic rings. The summed E-state index contributed by atoms with van der Waals surface area (Å²) in [7, 11) is 5.33. The summed E-state index contributed by atoms with van der Waals surface area (Å²) >= 11 is 0. The number of anilines is 2. The molecule has 1 aliphatic rings. The maximum atomic E-state index is 11.6. The summed E-state index contributed by atoms with van der Waals surface area (Å²) in [6, 6.07) is 1.94. The van der Waals surface area contributed by atoms with Gasteiger partial charge >= 0.3 is 5.97 Å². The van der Waals surface area contributed by atoms with E-state index in [0.717, 1.165) is 31.0 Å². The van der Waals surface area contributed by atoms with Gasteiger partial charge in [0.05, 0.1) is 13.0 Å². The van der Waals surface area contributed by atoms with Gasteiger partial charge in [0.15, 0.2) is 0 Å². The Balaban J connectivity index is 2.13. The Hall–Kier alpha value is -1.85. The molecule has 0 aliphatic carbocycles. The molecule has 1 fully saturated rings. The van der Waals surface area contributed by atoms with Gasteiger partial charge in [0.1, 0.15) is 18.0 Å². The molecule has 0 saturated carbocycles. The molecule has 104 valence electrons. The zero-order valence-electron chi connectivity index (χ0n) is 11.7. The molecule has 0 radical (unpaired) electrons. The molecule has 2 rings (SSSR count). The Bertz CT molecular complexity index is 450. The summed E-state index contributed by atoms with van der Waals surface area (Å²) in [6.07, 6.45) is 3.42.